The molecule has 2 atom stereocenters. The minimum Gasteiger partial charge on any atom is -0.377 e. The van der Waals surface area contributed by atoms with Crippen molar-refractivity contribution in [2.24, 2.45) is 0 Å². The predicted octanol–water partition coefficient (Wildman–Crippen LogP) is 0.588. The molecule has 0 aliphatic carbocycles. The molecule has 1 spiro atoms. The van der Waals surface area contributed by atoms with E-state index in [9.17, 15) is 9.59 Å². The number of hydrogen-bond donors (Lipinski definition) is 1. The summed E-state index contributed by atoms with van der Waals surface area (Å²) < 4.78 is 11.9. The zero-order valence-corrected chi connectivity index (χ0v) is 13.9. The van der Waals surface area contributed by atoms with Gasteiger partial charge in [-0.25, -0.2) is 4.79 Å². The van der Waals surface area contributed by atoms with Crippen LogP contribution in [0.4, 0.5) is 4.79 Å². The Morgan fingerprint density at radius 2 is 2.00 bits per heavy atom. The molecule has 1 N–H and O–H groups in total. The van der Waals surface area contributed by atoms with Crippen molar-refractivity contribution in [3.63, 3.8) is 0 Å². The highest BCUT2D eigenvalue weighted by atomic mass is 16.6. The van der Waals surface area contributed by atoms with Gasteiger partial charge in [0.25, 0.3) is 0 Å². The van der Waals surface area contributed by atoms with Crippen LogP contribution in [0.3, 0.4) is 0 Å². The summed E-state index contributed by atoms with van der Waals surface area (Å²) in [6.07, 6.45) is 3.94. The lowest BCUT2D eigenvalue weighted by atomic mass is 10.00. The van der Waals surface area contributed by atoms with Crippen molar-refractivity contribution in [2.75, 3.05) is 45.9 Å². The lowest BCUT2D eigenvalue weighted by Gasteiger charge is -2.33. The van der Waals surface area contributed by atoms with Crippen molar-refractivity contribution in [1.82, 2.24) is 15.1 Å². The van der Waals surface area contributed by atoms with Gasteiger partial charge in [-0.05, 0) is 25.7 Å². The summed E-state index contributed by atoms with van der Waals surface area (Å²) in [6.45, 7) is 6.03. The van der Waals surface area contributed by atoms with E-state index in [1.165, 1.54) is 6.92 Å². The van der Waals surface area contributed by atoms with E-state index in [1.54, 1.807) is 0 Å². The molecule has 7 nitrogen and oxygen atoms in total. The predicted molar refractivity (Wildman–Crippen MR) is 84.1 cm³/mol. The summed E-state index contributed by atoms with van der Waals surface area (Å²) in [5.74, 6) is -0.0440. The van der Waals surface area contributed by atoms with Crippen molar-refractivity contribution in [3.8, 4) is 0 Å². The SMILES string of the molecule is CC(=O)NC[C@H]1CC[C@]2(COCCN(C(=O)N3CCCC3)C2)O1. The molecule has 7 heteroatoms. The number of nitrogens with one attached hydrogen (secondary N) is 1. The van der Waals surface area contributed by atoms with E-state index in [4.69, 9.17) is 9.47 Å². The minimum absolute atomic E-state index is 0.00402. The maximum Gasteiger partial charge on any atom is 0.320 e. The Morgan fingerprint density at radius 1 is 1.22 bits per heavy atom. The van der Waals surface area contributed by atoms with Gasteiger partial charge in [-0.2, -0.15) is 0 Å². The number of carbonyl (C=O) groups is 2. The molecule has 130 valence electrons. The number of urea groups is 1. The van der Waals surface area contributed by atoms with Crippen LogP contribution in [0.1, 0.15) is 32.6 Å². The van der Waals surface area contributed by atoms with Crippen LogP contribution >= 0.6 is 0 Å². The molecular formula is C16H27N3O4. The molecule has 3 aliphatic rings. The highest BCUT2D eigenvalue weighted by Crippen LogP contribution is 2.33. The fourth-order valence-electron chi connectivity index (χ4n) is 3.70. The zero-order valence-electron chi connectivity index (χ0n) is 13.9. The Balaban J connectivity index is 1.60. The first kappa shape index (κ1) is 16.5. The van der Waals surface area contributed by atoms with Gasteiger partial charge in [0.15, 0.2) is 0 Å². The van der Waals surface area contributed by atoms with Gasteiger partial charge >= 0.3 is 6.03 Å². The smallest absolute Gasteiger partial charge is 0.320 e. The van der Waals surface area contributed by atoms with E-state index in [-0.39, 0.29) is 18.0 Å². The monoisotopic (exact) mass is 325 g/mol. The first-order valence-corrected chi connectivity index (χ1v) is 8.62. The van der Waals surface area contributed by atoms with Crippen LogP contribution in [-0.2, 0) is 14.3 Å². The highest BCUT2D eigenvalue weighted by Gasteiger charge is 2.44. The van der Waals surface area contributed by atoms with Crippen LogP contribution in [0, 0.1) is 0 Å². The van der Waals surface area contributed by atoms with Crippen molar-refractivity contribution < 1.29 is 19.1 Å². The highest BCUT2D eigenvalue weighted by molar-refractivity contribution is 5.75. The largest absolute Gasteiger partial charge is 0.377 e. The molecule has 0 unspecified atom stereocenters. The second-order valence-electron chi connectivity index (χ2n) is 6.85. The summed E-state index contributed by atoms with van der Waals surface area (Å²) >= 11 is 0. The Hall–Kier alpha value is -1.34. The summed E-state index contributed by atoms with van der Waals surface area (Å²) in [6, 6.07) is 0.112. The molecule has 0 aromatic carbocycles. The van der Waals surface area contributed by atoms with Gasteiger partial charge in [0.2, 0.25) is 5.91 Å². The molecule has 3 aliphatic heterocycles. The third kappa shape index (κ3) is 3.95. The molecule has 0 aromatic rings. The Kier molecular flexibility index (Phi) is 5.06. The summed E-state index contributed by atoms with van der Waals surface area (Å²) in [7, 11) is 0. The van der Waals surface area contributed by atoms with Gasteiger partial charge < -0.3 is 24.6 Å². The number of ether oxygens (including phenoxy) is 2. The zero-order chi connectivity index (χ0) is 16.3. The maximum atomic E-state index is 12.7. The fourth-order valence-corrected chi connectivity index (χ4v) is 3.70. The topological polar surface area (TPSA) is 71.1 Å². The number of amides is 3. The van der Waals surface area contributed by atoms with Gasteiger partial charge in [-0.1, -0.05) is 0 Å². The average Bonchev–Trinajstić information content (AvgIpc) is 3.13. The van der Waals surface area contributed by atoms with Crippen LogP contribution in [0.15, 0.2) is 0 Å². The van der Waals surface area contributed by atoms with E-state index in [1.807, 2.05) is 9.80 Å². The van der Waals surface area contributed by atoms with Gasteiger partial charge in [0.1, 0.15) is 5.60 Å². The van der Waals surface area contributed by atoms with E-state index >= 15 is 0 Å². The van der Waals surface area contributed by atoms with Gasteiger partial charge in [-0.15, -0.1) is 0 Å². The van der Waals surface area contributed by atoms with Crippen molar-refractivity contribution in [1.29, 1.82) is 0 Å². The quantitative estimate of drug-likeness (QED) is 0.806. The van der Waals surface area contributed by atoms with Crippen molar-refractivity contribution >= 4 is 11.9 Å². The van der Waals surface area contributed by atoms with E-state index in [0.717, 1.165) is 38.8 Å². The number of hydrogen-bond acceptors (Lipinski definition) is 4. The molecule has 0 bridgehead atoms. The van der Waals surface area contributed by atoms with Gasteiger partial charge in [0, 0.05) is 33.1 Å². The second-order valence-corrected chi connectivity index (χ2v) is 6.85. The number of rotatable bonds is 2. The molecule has 3 amide bonds. The van der Waals surface area contributed by atoms with Crippen LogP contribution in [-0.4, -0.2) is 79.4 Å². The van der Waals surface area contributed by atoms with Crippen molar-refractivity contribution in [2.45, 2.75) is 44.3 Å². The Morgan fingerprint density at radius 3 is 2.74 bits per heavy atom. The normalized spacial score (nSPS) is 31.4. The molecular weight excluding hydrogens is 298 g/mol. The Labute approximate surface area is 137 Å². The lowest BCUT2D eigenvalue weighted by molar-refractivity contribution is -0.120. The average molecular weight is 325 g/mol. The number of nitrogens with zero attached hydrogens (tertiary/aromatic N) is 2. The maximum absolute atomic E-state index is 12.7. The molecule has 23 heavy (non-hydrogen) atoms. The van der Waals surface area contributed by atoms with Gasteiger partial charge in [0.05, 0.1) is 25.9 Å². The lowest BCUT2D eigenvalue weighted by Crippen LogP contribution is -2.50. The van der Waals surface area contributed by atoms with Gasteiger partial charge in [-0.3, -0.25) is 4.79 Å². The molecule has 3 fully saturated rings. The summed E-state index contributed by atoms with van der Waals surface area (Å²) in [4.78, 5) is 27.6. The molecule has 0 saturated carbocycles. The van der Waals surface area contributed by atoms with Crippen molar-refractivity contribution in [3.05, 3.63) is 0 Å². The minimum atomic E-state index is -0.422. The summed E-state index contributed by atoms with van der Waals surface area (Å²) in [5, 5.41) is 2.81. The number of likely N-dealkylation sites (tertiary alicyclic amines) is 1. The van der Waals surface area contributed by atoms with Crippen LogP contribution in [0.2, 0.25) is 0 Å². The third-order valence-electron chi connectivity index (χ3n) is 4.91. The van der Waals surface area contributed by atoms with Crippen LogP contribution in [0.5, 0.6) is 0 Å². The molecule has 0 aromatic heterocycles. The van der Waals surface area contributed by atoms with Crippen LogP contribution < -0.4 is 5.32 Å². The van der Waals surface area contributed by atoms with Crippen LogP contribution in [0.25, 0.3) is 0 Å². The van der Waals surface area contributed by atoms with E-state index in [0.29, 0.717) is 32.8 Å². The first-order chi connectivity index (χ1) is 11.1. The summed E-state index contributed by atoms with van der Waals surface area (Å²) in [5.41, 5.74) is -0.422. The second kappa shape index (κ2) is 7.05. The molecule has 3 saturated heterocycles. The van der Waals surface area contributed by atoms with E-state index < -0.39 is 5.60 Å². The van der Waals surface area contributed by atoms with E-state index in [2.05, 4.69) is 5.32 Å². The standard InChI is InChI=1S/C16H27N3O4/c1-13(20)17-10-14-4-5-16(23-14)11-19(8-9-22-12-16)15(21)18-6-2-3-7-18/h14H,2-12H2,1H3,(H,17,20)/t14-,16+/m1/s1. The third-order valence-corrected chi connectivity index (χ3v) is 4.91. The molecule has 0 radical (unpaired) electrons. The number of carbonyl (C=O) groups excluding carboxylic acids is 2. The molecule has 3 rings (SSSR count). The first-order valence-electron chi connectivity index (χ1n) is 8.62. The Bertz CT molecular complexity index is 453. The fraction of sp³-hybridized carbons (Fsp3) is 0.875. The molecule has 3 heterocycles.